The van der Waals surface area contributed by atoms with Crippen LogP contribution in [0.1, 0.15) is 23.2 Å². The van der Waals surface area contributed by atoms with E-state index in [1.165, 1.54) is 12.1 Å². The van der Waals surface area contributed by atoms with Crippen LogP contribution in [0.4, 0.5) is 4.39 Å². The molecule has 3 heterocycles. The number of benzene rings is 1. The number of piperidine rings is 1. The minimum atomic E-state index is -3.54. The van der Waals surface area contributed by atoms with Crippen molar-refractivity contribution in [3.8, 4) is 0 Å². The number of H-pyrrole nitrogens is 2. The fraction of sp³-hybridized carbons (Fsp3) is 0.294. The third-order valence-corrected chi connectivity index (χ3v) is 7.81. The Bertz CT molecular complexity index is 1180. The van der Waals surface area contributed by atoms with Crippen molar-refractivity contribution in [1.29, 1.82) is 0 Å². The molecule has 0 aliphatic carbocycles. The number of aromatic amines is 2. The molecule has 1 amide bonds. The van der Waals surface area contributed by atoms with Crippen LogP contribution in [0.2, 0.25) is 0 Å². The Balaban J connectivity index is 1.47. The number of sulfonamides is 1. The molecule has 0 radical (unpaired) electrons. The molecule has 148 valence electrons. The molecular weight excluding hydrogens is 423 g/mol. The van der Waals surface area contributed by atoms with Crippen LogP contribution in [0.5, 0.6) is 0 Å². The summed E-state index contributed by atoms with van der Waals surface area (Å²) in [5.41, 5.74) is 1.11. The highest BCUT2D eigenvalue weighted by Crippen LogP contribution is 2.23. The average molecular weight is 441 g/mol. The second-order valence-corrected chi connectivity index (χ2v) is 9.87. The summed E-state index contributed by atoms with van der Waals surface area (Å²) in [6, 6.07) is 5.47. The van der Waals surface area contributed by atoms with E-state index in [1.54, 1.807) is 22.4 Å². The average Bonchev–Trinajstić information content (AvgIpc) is 3.30. The lowest BCUT2D eigenvalue weighted by atomic mass is 10.0. The molecule has 0 unspecified atom stereocenters. The van der Waals surface area contributed by atoms with Gasteiger partial charge in [0.25, 0.3) is 5.91 Å². The summed E-state index contributed by atoms with van der Waals surface area (Å²) >= 11 is 6.20. The first-order valence-electron chi connectivity index (χ1n) is 8.60. The first kappa shape index (κ1) is 19.2. The van der Waals surface area contributed by atoms with Gasteiger partial charge in [0.15, 0.2) is 4.77 Å². The molecule has 3 N–H and O–H groups in total. The molecule has 0 spiro atoms. The zero-order valence-electron chi connectivity index (χ0n) is 14.6. The number of nitrogens with zero attached hydrogens (tertiary/aromatic N) is 1. The Kier molecular flexibility index (Phi) is 5.08. The number of fused-ring (bicyclic) bond motifs is 1. The van der Waals surface area contributed by atoms with Gasteiger partial charge in [0, 0.05) is 19.1 Å². The van der Waals surface area contributed by atoms with Crippen LogP contribution >= 0.6 is 23.6 Å². The Hall–Kier alpha value is -2.08. The number of imidazole rings is 1. The molecule has 0 atom stereocenters. The van der Waals surface area contributed by atoms with Crippen molar-refractivity contribution in [1.82, 2.24) is 19.6 Å². The number of likely N-dealkylation sites (tertiary alicyclic amines) is 1. The molecule has 28 heavy (non-hydrogen) atoms. The van der Waals surface area contributed by atoms with Crippen molar-refractivity contribution in [2.45, 2.75) is 23.1 Å². The van der Waals surface area contributed by atoms with Gasteiger partial charge in [-0.2, -0.15) is 0 Å². The first-order chi connectivity index (χ1) is 13.3. The summed E-state index contributed by atoms with van der Waals surface area (Å²) in [5.74, 6) is -0.839. The van der Waals surface area contributed by atoms with Crippen LogP contribution in [0.25, 0.3) is 11.0 Å². The monoisotopic (exact) mass is 440 g/mol. The molecule has 2 aromatic heterocycles. The minimum absolute atomic E-state index is 0.208. The molecule has 0 saturated carbocycles. The molecule has 3 aromatic rings. The molecule has 1 fully saturated rings. The van der Waals surface area contributed by atoms with Crippen molar-refractivity contribution in [2.24, 2.45) is 0 Å². The predicted molar refractivity (Wildman–Crippen MR) is 107 cm³/mol. The Morgan fingerprint density at radius 3 is 2.71 bits per heavy atom. The van der Waals surface area contributed by atoms with E-state index < -0.39 is 15.8 Å². The maximum atomic E-state index is 13.9. The summed E-state index contributed by atoms with van der Waals surface area (Å²) in [6.45, 7) is 0.749. The lowest BCUT2D eigenvalue weighted by Crippen LogP contribution is -2.46. The Labute approximate surface area is 169 Å². The second-order valence-electron chi connectivity index (χ2n) is 6.57. The van der Waals surface area contributed by atoms with Crippen LogP contribution in [0.3, 0.4) is 0 Å². The zero-order chi connectivity index (χ0) is 19.9. The maximum Gasteiger partial charge on any atom is 0.256 e. The fourth-order valence-corrected chi connectivity index (χ4v) is 5.87. The topological polar surface area (TPSA) is 98.1 Å². The number of halogens is 1. The number of thiophene rings is 1. The van der Waals surface area contributed by atoms with Gasteiger partial charge in [0.1, 0.15) is 10.0 Å². The van der Waals surface area contributed by atoms with Crippen LogP contribution in [0, 0.1) is 10.6 Å². The van der Waals surface area contributed by atoms with Gasteiger partial charge in [-0.1, -0.05) is 6.07 Å². The van der Waals surface area contributed by atoms with Gasteiger partial charge < -0.3 is 14.9 Å². The summed E-state index contributed by atoms with van der Waals surface area (Å²) in [4.78, 5) is 20.2. The van der Waals surface area contributed by atoms with E-state index in [9.17, 15) is 17.6 Å². The number of aromatic nitrogens is 2. The third-order valence-electron chi connectivity index (χ3n) is 4.68. The van der Waals surface area contributed by atoms with Gasteiger partial charge in [0.2, 0.25) is 10.0 Å². The molecule has 1 aromatic carbocycles. The van der Waals surface area contributed by atoms with E-state index >= 15 is 0 Å². The van der Waals surface area contributed by atoms with Gasteiger partial charge in [-0.05, 0) is 48.6 Å². The standard InChI is InChI=1S/C17H17FN4O3S3/c18-10-8-12(15-13(9-10)19-17(26)20-15)16(23)22-5-3-11(4-6-22)21-28(24,25)14-2-1-7-27-14/h1-2,7-9,11,21H,3-6H2,(H2,19,20,26). The molecule has 1 saturated heterocycles. The highest BCUT2D eigenvalue weighted by molar-refractivity contribution is 7.91. The molecule has 11 heteroatoms. The third kappa shape index (κ3) is 3.75. The van der Waals surface area contributed by atoms with Gasteiger partial charge >= 0.3 is 0 Å². The number of rotatable bonds is 4. The van der Waals surface area contributed by atoms with Crippen molar-refractivity contribution in [2.75, 3.05) is 13.1 Å². The normalized spacial score (nSPS) is 16.0. The number of nitrogens with one attached hydrogen (secondary N) is 3. The molecule has 7 nitrogen and oxygen atoms in total. The lowest BCUT2D eigenvalue weighted by Gasteiger charge is -2.32. The quantitative estimate of drug-likeness (QED) is 0.543. The Morgan fingerprint density at radius 1 is 1.29 bits per heavy atom. The second kappa shape index (κ2) is 7.39. The first-order valence-corrected chi connectivity index (χ1v) is 11.4. The summed E-state index contributed by atoms with van der Waals surface area (Å²) in [7, 11) is -3.54. The summed E-state index contributed by atoms with van der Waals surface area (Å²) < 4.78 is 41.9. The smallest absolute Gasteiger partial charge is 0.256 e. The van der Waals surface area contributed by atoms with Crippen molar-refractivity contribution in [3.63, 3.8) is 0 Å². The van der Waals surface area contributed by atoms with E-state index in [0.29, 0.717) is 41.7 Å². The van der Waals surface area contributed by atoms with E-state index in [1.807, 2.05) is 0 Å². The fourth-order valence-electron chi connectivity index (χ4n) is 3.34. The van der Waals surface area contributed by atoms with E-state index in [-0.39, 0.29) is 21.7 Å². The van der Waals surface area contributed by atoms with E-state index in [2.05, 4.69) is 14.7 Å². The highest BCUT2D eigenvalue weighted by Gasteiger charge is 2.28. The van der Waals surface area contributed by atoms with Crippen molar-refractivity contribution in [3.05, 3.63) is 45.8 Å². The zero-order valence-corrected chi connectivity index (χ0v) is 17.0. The van der Waals surface area contributed by atoms with Gasteiger partial charge in [0.05, 0.1) is 16.6 Å². The van der Waals surface area contributed by atoms with Crippen molar-refractivity contribution >= 4 is 50.5 Å². The Morgan fingerprint density at radius 2 is 2.04 bits per heavy atom. The van der Waals surface area contributed by atoms with Crippen LogP contribution in [0.15, 0.2) is 33.9 Å². The number of amides is 1. The number of carbonyl (C=O) groups excluding carboxylic acids is 1. The van der Waals surface area contributed by atoms with Crippen LogP contribution in [-0.2, 0) is 10.0 Å². The van der Waals surface area contributed by atoms with E-state index in [0.717, 1.165) is 11.3 Å². The SMILES string of the molecule is O=C(c1cc(F)cc2[nH]c(=S)[nH]c12)N1CCC(NS(=O)(=O)c2cccs2)CC1. The van der Waals surface area contributed by atoms with Gasteiger partial charge in [-0.15, -0.1) is 11.3 Å². The van der Waals surface area contributed by atoms with Crippen molar-refractivity contribution < 1.29 is 17.6 Å². The van der Waals surface area contributed by atoms with E-state index in [4.69, 9.17) is 12.2 Å². The summed E-state index contributed by atoms with van der Waals surface area (Å²) in [6.07, 6.45) is 0.968. The molecule has 1 aliphatic heterocycles. The van der Waals surface area contributed by atoms with Crippen LogP contribution in [-0.4, -0.2) is 48.3 Å². The molecular formula is C17H17FN4O3S3. The predicted octanol–water partition coefficient (Wildman–Crippen LogP) is 3.01. The van der Waals surface area contributed by atoms with Gasteiger partial charge in [-0.25, -0.2) is 17.5 Å². The minimum Gasteiger partial charge on any atom is -0.338 e. The summed E-state index contributed by atoms with van der Waals surface area (Å²) in [5, 5.41) is 1.71. The number of carbonyl (C=O) groups is 1. The lowest BCUT2D eigenvalue weighted by molar-refractivity contribution is 0.0712. The molecule has 0 bridgehead atoms. The largest absolute Gasteiger partial charge is 0.338 e. The van der Waals surface area contributed by atoms with Crippen LogP contribution < -0.4 is 4.72 Å². The molecule has 4 rings (SSSR count). The number of hydrogen-bond acceptors (Lipinski definition) is 5. The van der Waals surface area contributed by atoms with Gasteiger partial charge in [-0.3, -0.25) is 4.79 Å². The number of hydrogen-bond donors (Lipinski definition) is 3. The maximum absolute atomic E-state index is 13.9. The molecule has 1 aliphatic rings. The highest BCUT2D eigenvalue weighted by atomic mass is 32.2.